The second-order valence-corrected chi connectivity index (χ2v) is 5.64. The largest absolute Gasteiger partial charge is 0.310 e. The highest BCUT2D eigenvalue weighted by atomic mass is 19.1. The summed E-state index contributed by atoms with van der Waals surface area (Å²) in [7, 11) is 0. The van der Waals surface area contributed by atoms with Crippen molar-refractivity contribution in [2.24, 2.45) is 0 Å². The molecule has 0 amide bonds. The molecule has 0 saturated heterocycles. The second kappa shape index (κ2) is 6.81. The predicted molar refractivity (Wildman–Crippen MR) is 85.0 cm³/mol. The molecule has 1 unspecified atom stereocenters. The van der Waals surface area contributed by atoms with Crippen molar-refractivity contribution in [1.82, 2.24) is 10.3 Å². The minimum atomic E-state index is -0.171. The Morgan fingerprint density at radius 3 is 2.62 bits per heavy atom. The van der Waals surface area contributed by atoms with Gasteiger partial charge in [-0.2, -0.15) is 0 Å². The first-order valence-electron chi connectivity index (χ1n) is 7.40. The van der Waals surface area contributed by atoms with Crippen molar-refractivity contribution >= 4 is 0 Å². The third-order valence-electron chi connectivity index (χ3n) is 3.77. The molecule has 1 N–H and O–H groups in total. The Morgan fingerprint density at radius 2 is 1.95 bits per heavy atom. The van der Waals surface area contributed by atoms with Crippen molar-refractivity contribution in [3.63, 3.8) is 0 Å². The van der Waals surface area contributed by atoms with Crippen LogP contribution in [-0.2, 0) is 6.42 Å². The molecule has 1 aromatic heterocycles. The zero-order valence-electron chi connectivity index (χ0n) is 13.2. The van der Waals surface area contributed by atoms with E-state index < -0.39 is 0 Å². The smallest absolute Gasteiger partial charge is 0.123 e. The van der Waals surface area contributed by atoms with Crippen molar-refractivity contribution < 1.29 is 4.39 Å². The zero-order chi connectivity index (χ0) is 15.4. The van der Waals surface area contributed by atoms with E-state index in [9.17, 15) is 4.39 Å². The number of pyridine rings is 1. The Balaban J connectivity index is 1.98. The lowest BCUT2D eigenvalue weighted by Crippen LogP contribution is -2.23. The minimum absolute atomic E-state index is 0.171. The molecule has 0 fully saturated rings. The van der Waals surface area contributed by atoms with Crippen LogP contribution in [0.3, 0.4) is 0 Å². The normalized spacial score (nSPS) is 12.4. The molecule has 112 valence electrons. The van der Waals surface area contributed by atoms with Crippen LogP contribution in [0.2, 0.25) is 0 Å². The Bertz CT molecular complexity index is 599. The Hall–Kier alpha value is -1.74. The molecule has 1 aromatic carbocycles. The van der Waals surface area contributed by atoms with Gasteiger partial charge >= 0.3 is 0 Å². The maximum atomic E-state index is 13.1. The van der Waals surface area contributed by atoms with E-state index in [2.05, 4.69) is 37.1 Å². The SMILES string of the molecule is Cc1cc(C)c(C(C)NCCc2cccc(F)c2)c(C)n1. The topological polar surface area (TPSA) is 24.9 Å². The van der Waals surface area contributed by atoms with Gasteiger partial charge in [-0.25, -0.2) is 4.39 Å². The first kappa shape index (κ1) is 15.6. The van der Waals surface area contributed by atoms with Gasteiger partial charge in [-0.3, -0.25) is 4.98 Å². The fourth-order valence-corrected chi connectivity index (χ4v) is 2.92. The average molecular weight is 286 g/mol. The van der Waals surface area contributed by atoms with E-state index >= 15 is 0 Å². The maximum Gasteiger partial charge on any atom is 0.123 e. The lowest BCUT2D eigenvalue weighted by Gasteiger charge is -2.19. The van der Waals surface area contributed by atoms with Crippen LogP contribution >= 0.6 is 0 Å². The van der Waals surface area contributed by atoms with Gasteiger partial charge in [0.05, 0.1) is 0 Å². The molecular weight excluding hydrogens is 263 g/mol. The van der Waals surface area contributed by atoms with Crippen molar-refractivity contribution in [2.75, 3.05) is 6.54 Å². The molecule has 3 heteroatoms. The van der Waals surface area contributed by atoms with E-state index in [0.717, 1.165) is 29.9 Å². The van der Waals surface area contributed by atoms with E-state index in [-0.39, 0.29) is 11.9 Å². The Labute approximate surface area is 126 Å². The molecule has 1 atom stereocenters. The fourth-order valence-electron chi connectivity index (χ4n) is 2.92. The third kappa shape index (κ3) is 4.11. The number of hydrogen-bond acceptors (Lipinski definition) is 2. The van der Waals surface area contributed by atoms with Gasteiger partial charge in [0.25, 0.3) is 0 Å². The van der Waals surface area contributed by atoms with Crippen molar-refractivity contribution in [2.45, 2.75) is 40.2 Å². The Morgan fingerprint density at radius 1 is 1.19 bits per heavy atom. The summed E-state index contributed by atoms with van der Waals surface area (Å²) in [6.07, 6.45) is 0.819. The summed E-state index contributed by atoms with van der Waals surface area (Å²) in [4.78, 5) is 4.54. The monoisotopic (exact) mass is 286 g/mol. The molecule has 21 heavy (non-hydrogen) atoms. The molecule has 0 aliphatic rings. The number of nitrogens with one attached hydrogen (secondary N) is 1. The molecule has 0 radical (unpaired) electrons. The molecule has 0 aliphatic heterocycles. The molecule has 2 aromatic rings. The summed E-state index contributed by atoms with van der Waals surface area (Å²) in [6, 6.07) is 9.14. The van der Waals surface area contributed by atoms with Crippen LogP contribution < -0.4 is 5.32 Å². The van der Waals surface area contributed by atoms with E-state index in [0.29, 0.717) is 0 Å². The number of benzene rings is 1. The van der Waals surface area contributed by atoms with E-state index in [1.54, 1.807) is 12.1 Å². The van der Waals surface area contributed by atoms with Crippen molar-refractivity contribution in [3.05, 3.63) is 64.2 Å². The minimum Gasteiger partial charge on any atom is -0.310 e. The summed E-state index contributed by atoms with van der Waals surface area (Å²) in [6.45, 7) is 9.17. The van der Waals surface area contributed by atoms with Crippen molar-refractivity contribution in [1.29, 1.82) is 0 Å². The summed E-state index contributed by atoms with van der Waals surface area (Å²) >= 11 is 0. The van der Waals surface area contributed by atoms with Crippen LogP contribution in [0, 0.1) is 26.6 Å². The van der Waals surface area contributed by atoms with Gasteiger partial charge in [-0.05, 0) is 75.5 Å². The summed E-state index contributed by atoms with van der Waals surface area (Å²) in [5.41, 5.74) is 5.69. The highest BCUT2D eigenvalue weighted by Gasteiger charge is 2.12. The van der Waals surface area contributed by atoms with Gasteiger partial charge in [-0.1, -0.05) is 12.1 Å². The van der Waals surface area contributed by atoms with E-state index in [4.69, 9.17) is 0 Å². The second-order valence-electron chi connectivity index (χ2n) is 5.64. The fraction of sp³-hybridized carbons (Fsp3) is 0.389. The Kier molecular flexibility index (Phi) is 5.07. The van der Waals surface area contributed by atoms with Crippen molar-refractivity contribution in [3.8, 4) is 0 Å². The number of aryl methyl sites for hydroxylation is 3. The highest BCUT2D eigenvalue weighted by Crippen LogP contribution is 2.21. The maximum absolute atomic E-state index is 13.1. The molecule has 2 nitrogen and oxygen atoms in total. The molecular formula is C18H23FN2. The molecule has 2 rings (SSSR count). The number of rotatable bonds is 5. The number of hydrogen-bond donors (Lipinski definition) is 1. The van der Waals surface area contributed by atoms with E-state index in [1.807, 2.05) is 13.0 Å². The van der Waals surface area contributed by atoms with Gasteiger partial charge in [-0.15, -0.1) is 0 Å². The van der Waals surface area contributed by atoms with Crippen LogP contribution in [0.25, 0.3) is 0 Å². The number of halogens is 1. The standard InChI is InChI=1S/C18H23FN2/c1-12-10-13(2)21-15(4)18(12)14(3)20-9-8-16-6-5-7-17(19)11-16/h5-7,10-11,14,20H,8-9H2,1-4H3. The first-order chi connectivity index (χ1) is 9.97. The van der Waals surface area contributed by atoms with Crippen LogP contribution in [0.5, 0.6) is 0 Å². The lowest BCUT2D eigenvalue weighted by molar-refractivity contribution is 0.567. The average Bonchev–Trinajstić information content (AvgIpc) is 2.37. The predicted octanol–water partition coefficient (Wildman–Crippen LogP) is 4.04. The third-order valence-corrected chi connectivity index (χ3v) is 3.77. The lowest BCUT2D eigenvalue weighted by atomic mass is 10.00. The van der Waals surface area contributed by atoms with Gasteiger partial charge in [0.1, 0.15) is 5.82 Å². The highest BCUT2D eigenvalue weighted by molar-refractivity contribution is 5.33. The van der Waals surface area contributed by atoms with Crippen LogP contribution in [0.4, 0.5) is 4.39 Å². The van der Waals surface area contributed by atoms with Gasteiger partial charge in [0, 0.05) is 17.4 Å². The summed E-state index contributed by atoms with van der Waals surface area (Å²) in [5, 5.41) is 3.51. The quantitative estimate of drug-likeness (QED) is 0.897. The number of aromatic nitrogens is 1. The molecule has 1 heterocycles. The van der Waals surface area contributed by atoms with E-state index in [1.165, 1.54) is 17.2 Å². The molecule has 0 saturated carbocycles. The first-order valence-corrected chi connectivity index (χ1v) is 7.40. The summed E-state index contributed by atoms with van der Waals surface area (Å²) in [5.74, 6) is -0.171. The molecule has 0 spiro atoms. The summed E-state index contributed by atoms with van der Waals surface area (Å²) < 4.78 is 13.1. The number of nitrogens with zero attached hydrogens (tertiary/aromatic N) is 1. The molecule has 0 aliphatic carbocycles. The van der Waals surface area contributed by atoms with Gasteiger partial charge < -0.3 is 5.32 Å². The van der Waals surface area contributed by atoms with Crippen LogP contribution in [0.1, 0.15) is 41.0 Å². The zero-order valence-corrected chi connectivity index (χ0v) is 13.2. The van der Waals surface area contributed by atoms with Gasteiger partial charge in [0.2, 0.25) is 0 Å². The molecule has 0 bridgehead atoms. The van der Waals surface area contributed by atoms with Crippen LogP contribution in [0.15, 0.2) is 30.3 Å². The van der Waals surface area contributed by atoms with Gasteiger partial charge in [0.15, 0.2) is 0 Å². The van der Waals surface area contributed by atoms with Crippen LogP contribution in [-0.4, -0.2) is 11.5 Å².